The summed E-state index contributed by atoms with van der Waals surface area (Å²) in [5.74, 6) is 1.46. The lowest BCUT2D eigenvalue weighted by molar-refractivity contribution is -0.123. The summed E-state index contributed by atoms with van der Waals surface area (Å²) in [4.78, 5) is 21.6. The van der Waals surface area contributed by atoms with E-state index in [2.05, 4.69) is 65.1 Å². The van der Waals surface area contributed by atoms with Crippen molar-refractivity contribution in [3.8, 4) is 0 Å². The largest absolute Gasteiger partial charge is 0.354 e. The summed E-state index contributed by atoms with van der Waals surface area (Å²) >= 11 is 0. The van der Waals surface area contributed by atoms with Crippen LogP contribution < -0.4 is 10.2 Å². The molecule has 3 rings (SSSR count). The molecule has 1 aromatic heterocycles. The zero-order chi connectivity index (χ0) is 19.9. The highest BCUT2D eigenvalue weighted by Crippen LogP contribution is 2.22. The maximum atomic E-state index is 12.7. The molecule has 5 heteroatoms. The number of hydrogen-bond donors (Lipinski definition) is 1. The van der Waals surface area contributed by atoms with Crippen LogP contribution in [-0.2, 0) is 11.2 Å². The van der Waals surface area contributed by atoms with Gasteiger partial charge in [-0.3, -0.25) is 9.69 Å². The normalized spacial score (nSPS) is 16.2. The molecule has 2 heterocycles. The molecule has 1 amide bonds. The Morgan fingerprint density at radius 1 is 1.07 bits per heavy atom. The Labute approximate surface area is 168 Å². The molecule has 0 unspecified atom stereocenters. The van der Waals surface area contributed by atoms with Gasteiger partial charge in [-0.1, -0.05) is 51.1 Å². The van der Waals surface area contributed by atoms with E-state index in [0.29, 0.717) is 12.5 Å². The summed E-state index contributed by atoms with van der Waals surface area (Å²) in [5, 5.41) is 3.25. The molecule has 2 aromatic rings. The average Bonchev–Trinajstić information content (AvgIpc) is 2.73. The van der Waals surface area contributed by atoms with Crippen molar-refractivity contribution in [2.24, 2.45) is 5.92 Å². The number of rotatable bonds is 7. The van der Waals surface area contributed by atoms with E-state index in [1.807, 2.05) is 24.4 Å². The summed E-state index contributed by atoms with van der Waals surface area (Å²) in [6.45, 7) is 10.5. The predicted molar refractivity (Wildman–Crippen MR) is 114 cm³/mol. The van der Waals surface area contributed by atoms with Gasteiger partial charge in [-0.15, -0.1) is 0 Å². The monoisotopic (exact) mass is 380 g/mol. The van der Waals surface area contributed by atoms with Gasteiger partial charge < -0.3 is 10.2 Å². The number of amides is 1. The van der Waals surface area contributed by atoms with Gasteiger partial charge in [0.05, 0.1) is 12.6 Å². The molecule has 1 atom stereocenters. The molecule has 1 N–H and O–H groups in total. The summed E-state index contributed by atoms with van der Waals surface area (Å²) < 4.78 is 0. The summed E-state index contributed by atoms with van der Waals surface area (Å²) in [6.07, 6.45) is 2.86. The molecule has 1 aliphatic rings. The summed E-state index contributed by atoms with van der Waals surface area (Å²) in [6, 6.07) is 14.7. The Kier molecular flexibility index (Phi) is 7.04. The second kappa shape index (κ2) is 9.69. The minimum absolute atomic E-state index is 0.0493. The van der Waals surface area contributed by atoms with Crippen molar-refractivity contribution in [1.82, 2.24) is 15.2 Å². The SMILES string of the molecule is CCc1ccc([C@@H](NC(=O)CN2CCN(c3ccccn3)CC2)C(C)C)cc1. The number of carbonyl (C=O) groups is 1. The van der Waals surface area contributed by atoms with Gasteiger partial charge in [0, 0.05) is 32.4 Å². The Balaban J connectivity index is 1.52. The zero-order valence-electron chi connectivity index (χ0n) is 17.3. The van der Waals surface area contributed by atoms with Crippen LogP contribution in [0.3, 0.4) is 0 Å². The lowest BCUT2D eigenvalue weighted by Crippen LogP contribution is -2.50. The van der Waals surface area contributed by atoms with Crippen LogP contribution in [0.25, 0.3) is 0 Å². The number of carbonyl (C=O) groups excluding carboxylic acids is 1. The third-order valence-corrected chi connectivity index (χ3v) is 5.44. The molecule has 0 aliphatic carbocycles. The van der Waals surface area contributed by atoms with E-state index in [1.54, 1.807) is 0 Å². The number of aromatic nitrogens is 1. The molecule has 150 valence electrons. The first-order chi connectivity index (χ1) is 13.6. The average molecular weight is 381 g/mol. The van der Waals surface area contributed by atoms with Crippen molar-refractivity contribution in [3.63, 3.8) is 0 Å². The van der Waals surface area contributed by atoms with Crippen LogP contribution in [0.5, 0.6) is 0 Å². The Morgan fingerprint density at radius 2 is 1.79 bits per heavy atom. The van der Waals surface area contributed by atoms with Crippen molar-refractivity contribution in [3.05, 3.63) is 59.8 Å². The van der Waals surface area contributed by atoms with Crippen LogP contribution >= 0.6 is 0 Å². The molecule has 5 nitrogen and oxygen atoms in total. The van der Waals surface area contributed by atoms with Crippen LogP contribution in [0, 0.1) is 5.92 Å². The Bertz CT molecular complexity index is 737. The number of nitrogens with zero attached hydrogens (tertiary/aromatic N) is 3. The van der Waals surface area contributed by atoms with Gasteiger partial charge in [-0.05, 0) is 35.6 Å². The third kappa shape index (κ3) is 5.32. The van der Waals surface area contributed by atoms with Gasteiger partial charge >= 0.3 is 0 Å². The molecule has 0 spiro atoms. The van der Waals surface area contributed by atoms with Crippen molar-refractivity contribution in [2.45, 2.75) is 33.2 Å². The maximum Gasteiger partial charge on any atom is 0.234 e. The standard InChI is InChI=1S/C23H32N4O/c1-4-19-8-10-20(11-9-19)23(18(2)3)25-22(28)17-26-13-15-27(16-14-26)21-7-5-6-12-24-21/h5-12,18,23H,4,13-17H2,1-3H3,(H,25,28)/t23-/m0/s1. The molecular weight excluding hydrogens is 348 g/mol. The highest BCUT2D eigenvalue weighted by Gasteiger charge is 2.22. The molecular formula is C23H32N4O. The van der Waals surface area contributed by atoms with Crippen LogP contribution in [-0.4, -0.2) is 48.5 Å². The van der Waals surface area contributed by atoms with E-state index >= 15 is 0 Å². The van der Waals surface area contributed by atoms with Gasteiger partial charge in [0.15, 0.2) is 0 Å². The Morgan fingerprint density at radius 3 is 2.36 bits per heavy atom. The lowest BCUT2D eigenvalue weighted by atomic mass is 9.95. The highest BCUT2D eigenvalue weighted by molar-refractivity contribution is 5.78. The fraction of sp³-hybridized carbons (Fsp3) is 0.478. The van der Waals surface area contributed by atoms with Crippen molar-refractivity contribution in [2.75, 3.05) is 37.6 Å². The summed E-state index contributed by atoms with van der Waals surface area (Å²) in [5.41, 5.74) is 2.50. The number of benzene rings is 1. The lowest BCUT2D eigenvalue weighted by Gasteiger charge is -2.35. The molecule has 1 aromatic carbocycles. The van der Waals surface area contributed by atoms with Crippen LogP contribution in [0.2, 0.25) is 0 Å². The molecule has 0 saturated carbocycles. The van der Waals surface area contributed by atoms with Gasteiger partial charge in [-0.25, -0.2) is 4.98 Å². The number of hydrogen-bond acceptors (Lipinski definition) is 4. The van der Waals surface area contributed by atoms with Gasteiger partial charge in [-0.2, -0.15) is 0 Å². The summed E-state index contributed by atoms with van der Waals surface area (Å²) in [7, 11) is 0. The molecule has 0 radical (unpaired) electrons. The molecule has 1 saturated heterocycles. The van der Waals surface area contributed by atoms with E-state index in [0.717, 1.165) is 38.4 Å². The first kappa shape index (κ1) is 20.3. The fourth-order valence-corrected chi connectivity index (χ4v) is 3.69. The van der Waals surface area contributed by atoms with E-state index in [9.17, 15) is 4.79 Å². The number of pyridine rings is 1. The smallest absolute Gasteiger partial charge is 0.234 e. The topological polar surface area (TPSA) is 48.5 Å². The second-order valence-corrected chi connectivity index (χ2v) is 7.84. The van der Waals surface area contributed by atoms with E-state index in [-0.39, 0.29) is 11.9 Å². The number of nitrogens with one attached hydrogen (secondary N) is 1. The number of piperazine rings is 1. The minimum Gasteiger partial charge on any atom is -0.354 e. The van der Waals surface area contributed by atoms with E-state index < -0.39 is 0 Å². The first-order valence-electron chi connectivity index (χ1n) is 10.3. The van der Waals surface area contributed by atoms with Crippen molar-refractivity contribution < 1.29 is 4.79 Å². The number of anilines is 1. The highest BCUT2D eigenvalue weighted by atomic mass is 16.2. The van der Waals surface area contributed by atoms with Gasteiger partial charge in [0.2, 0.25) is 5.91 Å². The van der Waals surface area contributed by atoms with Gasteiger partial charge in [0.1, 0.15) is 5.82 Å². The quantitative estimate of drug-likeness (QED) is 0.801. The first-order valence-corrected chi connectivity index (χ1v) is 10.3. The molecule has 28 heavy (non-hydrogen) atoms. The second-order valence-electron chi connectivity index (χ2n) is 7.84. The fourth-order valence-electron chi connectivity index (χ4n) is 3.69. The Hall–Kier alpha value is -2.40. The van der Waals surface area contributed by atoms with Gasteiger partial charge in [0.25, 0.3) is 0 Å². The van der Waals surface area contributed by atoms with E-state index in [4.69, 9.17) is 0 Å². The maximum absolute atomic E-state index is 12.7. The predicted octanol–water partition coefficient (Wildman–Crippen LogP) is 3.28. The zero-order valence-corrected chi connectivity index (χ0v) is 17.3. The third-order valence-electron chi connectivity index (χ3n) is 5.44. The van der Waals surface area contributed by atoms with Crippen LogP contribution in [0.1, 0.15) is 37.9 Å². The number of aryl methyl sites for hydroxylation is 1. The molecule has 0 bridgehead atoms. The minimum atomic E-state index is 0.0493. The molecule has 1 aliphatic heterocycles. The van der Waals surface area contributed by atoms with Crippen molar-refractivity contribution >= 4 is 11.7 Å². The van der Waals surface area contributed by atoms with E-state index in [1.165, 1.54) is 11.1 Å². The molecule has 1 fully saturated rings. The van der Waals surface area contributed by atoms with Crippen LogP contribution in [0.4, 0.5) is 5.82 Å². The van der Waals surface area contributed by atoms with Crippen molar-refractivity contribution in [1.29, 1.82) is 0 Å². The van der Waals surface area contributed by atoms with Crippen LogP contribution in [0.15, 0.2) is 48.7 Å².